The molecule has 3 rings (SSSR count). The zero-order chi connectivity index (χ0) is 17.5. The van der Waals surface area contributed by atoms with Crippen molar-refractivity contribution in [3.8, 4) is 11.1 Å². The molecule has 2 aromatic rings. The van der Waals surface area contributed by atoms with Gasteiger partial charge in [0.25, 0.3) is 5.91 Å². The summed E-state index contributed by atoms with van der Waals surface area (Å²) in [5, 5.41) is 0. The summed E-state index contributed by atoms with van der Waals surface area (Å²) in [6.07, 6.45) is -4.54. The lowest BCUT2D eigenvalue weighted by molar-refractivity contribution is -0.204. The number of fused-ring (bicyclic) bond motifs is 3. The van der Waals surface area contributed by atoms with Crippen LogP contribution in [-0.4, -0.2) is 37.7 Å². The Labute approximate surface area is 137 Å². The largest absolute Gasteiger partial charge is 0.411 e. The van der Waals surface area contributed by atoms with Gasteiger partial charge in [-0.2, -0.15) is 13.2 Å². The molecule has 2 aromatic carbocycles. The molecular formula is C18H16F3NO2. The Kier molecular flexibility index (Phi) is 3.87. The van der Waals surface area contributed by atoms with Crippen LogP contribution < -0.4 is 0 Å². The van der Waals surface area contributed by atoms with Crippen molar-refractivity contribution in [2.45, 2.75) is 11.8 Å². The number of hydrogen-bond acceptors (Lipinski definition) is 2. The Balaban J connectivity index is 2.26. The number of rotatable bonds is 3. The van der Waals surface area contributed by atoms with Gasteiger partial charge in [-0.1, -0.05) is 48.5 Å². The van der Waals surface area contributed by atoms with Crippen LogP contribution in [0.3, 0.4) is 0 Å². The highest BCUT2D eigenvalue weighted by atomic mass is 19.4. The molecule has 6 heteroatoms. The molecule has 0 N–H and O–H groups in total. The van der Waals surface area contributed by atoms with Crippen LogP contribution in [0.4, 0.5) is 13.2 Å². The van der Waals surface area contributed by atoms with Gasteiger partial charge in [0.05, 0.1) is 0 Å². The zero-order valence-electron chi connectivity index (χ0n) is 13.2. The standard InChI is InChI=1S/C18H16F3NO2/c1-22(2)16(23)18(24-11-17(19,20)21)14-9-5-3-7-12(14)13-8-4-6-10-15(13)18/h3-10H,11H2,1-2H3. The summed E-state index contributed by atoms with van der Waals surface area (Å²) in [6.45, 7) is -1.50. The summed E-state index contributed by atoms with van der Waals surface area (Å²) in [6, 6.07) is 13.8. The number of amides is 1. The quantitative estimate of drug-likeness (QED) is 0.858. The fraction of sp³-hybridized carbons (Fsp3) is 0.278. The maximum absolute atomic E-state index is 12.9. The van der Waals surface area contributed by atoms with Gasteiger partial charge in [0.2, 0.25) is 0 Å². The van der Waals surface area contributed by atoms with Crippen LogP contribution in [0.15, 0.2) is 48.5 Å². The second kappa shape index (κ2) is 5.63. The molecule has 1 aliphatic rings. The van der Waals surface area contributed by atoms with Gasteiger partial charge in [-0.15, -0.1) is 0 Å². The van der Waals surface area contributed by atoms with Crippen molar-refractivity contribution in [3.63, 3.8) is 0 Å². The van der Waals surface area contributed by atoms with Gasteiger partial charge in [-0.3, -0.25) is 4.79 Å². The predicted molar refractivity (Wildman–Crippen MR) is 83.4 cm³/mol. The van der Waals surface area contributed by atoms with Crippen LogP contribution in [0.2, 0.25) is 0 Å². The maximum Gasteiger partial charge on any atom is 0.411 e. The van der Waals surface area contributed by atoms with E-state index in [1.165, 1.54) is 19.0 Å². The molecule has 0 heterocycles. The van der Waals surface area contributed by atoms with E-state index in [2.05, 4.69) is 0 Å². The SMILES string of the molecule is CN(C)C(=O)C1(OCC(F)(F)F)c2ccccc2-c2ccccc21. The van der Waals surface area contributed by atoms with Crippen molar-refractivity contribution in [1.29, 1.82) is 0 Å². The monoisotopic (exact) mass is 335 g/mol. The third-order valence-corrected chi connectivity index (χ3v) is 4.06. The predicted octanol–water partition coefficient (Wildman–Crippen LogP) is 3.58. The van der Waals surface area contributed by atoms with Gasteiger partial charge in [0.15, 0.2) is 5.60 Å². The average Bonchev–Trinajstić information content (AvgIpc) is 2.83. The number of benzene rings is 2. The van der Waals surface area contributed by atoms with Gasteiger partial charge in [-0.05, 0) is 11.1 Å². The summed E-state index contributed by atoms with van der Waals surface area (Å²) in [7, 11) is 3.01. The van der Waals surface area contributed by atoms with Gasteiger partial charge < -0.3 is 9.64 Å². The smallest absolute Gasteiger partial charge is 0.346 e. The van der Waals surface area contributed by atoms with Crippen LogP contribution in [0.5, 0.6) is 0 Å². The van der Waals surface area contributed by atoms with E-state index in [0.717, 1.165) is 0 Å². The summed E-state index contributed by atoms with van der Waals surface area (Å²) in [4.78, 5) is 14.2. The van der Waals surface area contributed by atoms with Gasteiger partial charge in [0.1, 0.15) is 6.61 Å². The Morgan fingerprint density at radius 1 is 1.00 bits per heavy atom. The van der Waals surface area contributed by atoms with E-state index >= 15 is 0 Å². The number of likely N-dealkylation sites (N-methyl/N-ethyl adjacent to an activating group) is 1. The number of nitrogens with zero attached hydrogens (tertiary/aromatic N) is 1. The normalized spacial score (nSPS) is 14.9. The molecule has 0 fully saturated rings. The van der Waals surface area contributed by atoms with Gasteiger partial charge in [0, 0.05) is 25.2 Å². The third-order valence-electron chi connectivity index (χ3n) is 4.06. The van der Waals surface area contributed by atoms with Crippen LogP contribution in [0.25, 0.3) is 11.1 Å². The van der Waals surface area contributed by atoms with Crippen LogP contribution in [0.1, 0.15) is 11.1 Å². The molecule has 3 nitrogen and oxygen atoms in total. The molecule has 1 amide bonds. The second-order valence-corrected chi connectivity index (χ2v) is 5.88. The minimum Gasteiger partial charge on any atom is -0.346 e. The molecule has 0 aromatic heterocycles. The van der Waals surface area contributed by atoms with E-state index in [1.807, 2.05) is 0 Å². The Morgan fingerprint density at radius 2 is 1.46 bits per heavy atom. The summed E-state index contributed by atoms with van der Waals surface area (Å²) in [5.41, 5.74) is 0.519. The van der Waals surface area contributed by atoms with E-state index in [1.54, 1.807) is 48.5 Å². The fourth-order valence-corrected chi connectivity index (χ4v) is 3.15. The number of alkyl halides is 3. The molecular weight excluding hydrogens is 319 g/mol. The molecule has 0 atom stereocenters. The van der Waals surface area contributed by atoms with Crippen LogP contribution >= 0.6 is 0 Å². The van der Waals surface area contributed by atoms with Crippen molar-refractivity contribution in [3.05, 3.63) is 59.7 Å². The molecule has 0 aliphatic heterocycles. The minimum atomic E-state index is -4.54. The highest BCUT2D eigenvalue weighted by Gasteiger charge is 2.52. The molecule has 24 heavy (non-hydrogen) atoms. The Morgan fingerprint density at radius 3 is 1.88 bits per heavy atom. The number of ether oxygens (including phenoxy) is 1. The summed E-state index contributed by atoms with van der Waals surface area (Å²) in [5.74, 6) is -0.538. The minimum absolute atomic E-state index is 0.439. The molecule has 1 aliphatic carbocycles. The highest BCUT2D eigenvalue weighted by Crippen LogP contribution is 2.50. The number of hydrogen-bond donors (Lipinski definition) is 0. The van der Waals surface area contributed by atoms with Crippen molar-refractivity contribution < 1.29 is 22.7 Å². The number of carbonyl (C=O) groups excluding carboxylic acids is 1. The first-order valence-electron chi connectivity index (χ1n) is 7.39. The molecule has 0 saturated heterocycles. The lowest BCUT2D eigenvalue weighted by Crippen LogP contribution is -2.47. The Hall–Kier alpha value is -2.34. The molecule has 0 spiro atoms. The second-order valence-electron chi connectivity index (χ2n) is 5.88. The van der Waals surface area contributed by atoms with Crippen molar-refractivity contribution in [1.82, 2.24) is 4.90 Å². The number of carbonyl (C=O) groups is 1. The van der Waals surface area contributed by atoms with Gasteiger partial charge in [-0.25, -0.2) is 0 Å². The maximum atomic E-state index is 12.9. The van der Waals surface area contributed by atoms with Crippen molar-refractivity contribution in [2.24, 2.45) is 0 Å². The third kappa shape index (κ3) is 2.47. The van der Waals surface area contributed by atoms with Crippen molar-refractivity contribution in [2.75, 3.05) is 20.7 Å². The average molecular weight is 335 g/mol. The van der Waals surface area contributed by atoms with E-state index in [0.29, 0.717) is 22.3 Å². The summed E-state index contributed by atoms with van der Waals surface area (Å²) >= 11 is 0. The molecule has 126 valence electrons. The fourth-order valence-electron chi connectivity index (χ4n) is 3.15. The first kappa shape index (κ1) is 16.5. The topological polar surface area (TPSA) is 29.5 Å². The molecule has 0 saturated carbocycles. The summed E-state index contributed by atoms with van der Waals surface area (Å²) < 4.78 is 43.9. The van der Waals surface area contributed by atoms with Crippen molar-refractivity contribution >= 4 is 5.91 Å². The first-order valence-corrected chi connectivity index (χ1v) is 7.39. The Bertz CT molecular complexity index is 738. The molecule has 0 radical (unpaired) electrons. The van der Waals surface area contributed by atoms with E-state index < -0.39 is 24.3 Å². The molecule has 0 bridgehead atoms. The lowest BCUT2D eigenvalue weighted by Gasteiger charge is -2.33. The van der Waals surface area contributed by atoms with Crippen LogP contribution in [-0.2, 0) is 15.1 Å². The number of halogens is 3. The van der Waals surface area contributed by atoms with Crippen LogP contribution in [0, 0.1) is 0 Å². The zero-order valence-corrected chi connectivity index (χ0v) is 13.2. The van der Waals surface area contributed by atoms with E-state index in [4.69, 9.17) is 4.74 Å². The lowest BCUT2D eigenvalue weighted by atomic mass is 9.89. The molecule has 0 unspecified atom stereocenters. The first-order chi connectivity index (χ1) is 11.3. The van der Waals surface area contributed by atoms with Gasteiger partial charge >= 0.3 is 6.18 Å². The highest BCUT2D eigenvalue weighted by molar-refractivity contribution is 5.98. The van der Waals surface area contributed by atoms with E-state index in [9.17, 15) is 18.0 Å². The van der Waals surface area contributed by atoms with E-state index in [-0.39, 0.29) is 0 Å².